The van der Waals surface area contributed by atoms with E-state index in [9.17, 15) is 4.79 Å². The molecule has 2 amide bonds. The number of amides is 2. The van der Waals surface area contributed by atoms with E-state index >= 15 is 0 Å². The first-order chi connectivity index (χ1) is 11.0. The molecule has 5 heteroatoms. The van der Waals surface area contributed by atoms with Gasteiger partial charge >= 0.3 is 6.03 Å². The van der Waals surface area contributed by atoms with Gasteiger partial charge in [0.2, 0.25) is 0 Å². The number of anilines is 2. The van der Waals surface area contributed by atoms with E-state index < -0.39 is 0 Å². The summed E-state index contributed by atoms with van der Waals surface area (Å²) in [6, 6.07) is 8.78. The zero-order valence-corrected chi connectivity index (χ0v) is 14.8. The summed E-state index contributed by atoms with van der Waals surface area (Å²) in [5, 5.41) is 5.79. The first kappa shape index (κ1) is 17.6. The van der Waals surface area contributed by atoms with E-state index in [1.807, 2.05) is 19.1 Å². The van der Waals surface area contributed by atoms with E-state index in [2.05, 4.69) is 53.3 Å². The van der Waals surface area contributed by atoms with Gasteiger partial charge in [0, 0.05) is 49.6 Å². The number of urea groups is 1. The molecule has 5 nitrogen and oxygen atoms in total. The Morgan fingerprint density at radius 2 is 1.70 bits per heavy atom. The van der Waals surface area contributed by atoms with Crippen molar-refractivity contribution in [3.05, 3.63) is 24.3 Å². The molecule has 1 aromatic rings. The number of carbonyl (C=O) groups excluding carboxylic acids is 1. The molecule has 0 saturated carbocycles. The number of carbonyl (C=O) groups is 1. The smallest absolute Gasteiger partial charge is 0.319 e. The standard InChI is InChI=1S/C18H30N4O/c1-5-15(4)19-18(23)20-16-6-8-17(9-7-16)22-12-10-21(11-13-22)14(2)3/h6-9,14-15H,5,10-13H2,1-4H3,(H2,19,20,23). The Morgan fingerprint density at radius 1 is 1.09 bits per heavy atom. The summed E-state index contributed by atoms with van der Waals surface area (Å²) < 4.78 is 0. The molecule has 1 saturated heterocycles. The topological polar surface area (TPSA) is 47.6 Å². The zero-order chi connectivity index (χ0) is 16.8. The van der Waals surface area contributed by atoms with Gasteiger partial charge in [-0.3, -0.25) is 4.90 Å². The minimum absolute atomic E-state index is 0.141. The second-order valence-electron chi connectivity index (χ2n) is 6.57. The van der Waals surface area contributed by atoms with Gasteiger partial charge in [-0.15, -0.1) is 0 Å². The van der Waals surface area contributed by atoms with E-state index in [1.54, 1.807) is 0 Å². The second-order valence-corrected chi connectivity index (χ2v) is 6.57. The summed E-state index contributed by atoms with van der Waals surface area (Å²) in [6.07, 6.45) is 0.925. The van der Waals surface area contributed by atoms with Gasteiger partial charge in [0.15, 0.2) is 0 Å². The van der Waals surface area contributed by atoms with E-state index in [-0.39, 0.29) is 12.1 Å². The fraction of sp³-hybridized carbons (Fsp3) is 0.611. The molecule has 1 fully saturated rings. The Bertz CT molecular complexity index is 492. The average molecular weight is 318 g/mol. The summed E-state index contributed by atoms with van der Waals surface area (Å²) in [7, 11) is 0. The van der Waals surface area contributed by atoms with Crippen molar-refractivity contribution < 1.29 is 4.79 Å². The molecular formula is C18H30N4O. The first-order valence-electron chi connectivity index (χ1n) is 8.66. The third kappa shape index (κ3) is 5.13. The van der Waals surface area contributed by atoms with Gasteiger partial charge in [-0.1, -0.05) is 6.92 Å². The molecule has 1 aliphatic heterocycles. The lowest BCUT2D eigenvalue weighted by atomic mass is 10.2. The SMILES string of the molecule is CCC(C)NC(=O)Nc1ccc(N2CCN(C(C)C)CC2)cc1. The molecule has 1 aliphatic rings. The lowest BCUT2D eigenvalue weighted by Gasteiger charge is -2.38. The maximum atomic E-state index is 11.8. The highest BCUT2D eigenvalue weighted by atomic mass is 16.2. The second kappa shape index (κ2) is 8.20. The third-order valence-corrected chi connectivity index (χ3v) is 4.52. The molecule has 0 aromatic heterocycles. The van der Waals surface area contributed by atoms with Crippen molar-refractivity contribution in [2.24, 2.45) is 0 Å². The molecule has 1 unspecified atom stereocenters. The molecule has 2 N–H and O–H groups in total. The molecule has 1 heterocycles. The van der Waals surface area contributed by atoms with Gasteiger partial charge in [0.25, 0.3) is 0 Å². The van der Waals surface area contributed by atoms with Crippen LogP contribution >= 0.6 is 0 Å². The number of hydrogen-bond acceptors (Lipinski definition) is 3. The lowest BCUT2D eigenvalue weighted by molar-refractivity contribution is 0.209. The van der Waals surface area contributed by atoms with E-state index in [1.165, 1.54) is 5.69 Å². The summed E-state index contributed by atoms with van der Waals surface area (Å²) in [4.78, 5) is 16.7. The minimum atomic E-state index is -0.141. The van der Waals surface area contributed by atoms with Crippen LogP contribution in [0, 0.1) is 0 Å². The number of hydrogen-bond donors (Lipinski definition) is 2. The fourth-order valence-corrected chi connectivity index (χ4v) is 2.75. The summed E-state index contributed by atoms with van der Waals surface area (Å²) in [5.74, 6) is 0. The third-order valence-electron chi connectivity index (χ3n) is 4.52. The summed E-state index contributed by atoms with van der Waals surface area (Å²) in [5.41, 5.74) is 2.05. The Hall–Kier alpha value is -1.75. The molecule has 0 aliphatic carbocycles. The number of rotatable bonds is 5. The van der Waals surface area contributed by atoms with Crippen LogP contribution in [0.25, 0.3) is 0 Å². The Morgan fingerprint density at radius 3 is 2.22 bits per heavy atom. The first-order valence-corrected chi connectivity index (χ1v) is 8.66. The normalized spacial score (nSPS) is 17.2. The predicted octanol–water partition coefficient (Wildman–Crippen LogP) is 3.14. The lowest BCUT2D eigenvalue weighted by Crippen LogP contribution is -2.48. The van der Waals surface area contributed by atoms with E-state index in [0.29, 0.717) is 6.04 Å². The molecule has 0 bridgehead atoms. The van der Waals surface area contributed by atoms with Gasteiger partial charge < -0.3 is 15.5 Å². The highest BCUT2D eigenvalue weighted by Gasteiger charge is 2.18. The predicted molar refractivity (Wildman–Crippen MR) is 97.3 cm³/mol. The highest BCUT2D eigenvalue weighted by Crippen LogP contribution is 2.20. The molecule has 23 heavy (non-hydrogen) atoms. The van der Waals surface area contributed by atoms with Gasteiger partial charge in [0.05, 0.1) is 0 Å². The Balaban J connectivity index is 1.86. The van der Waals surface area contributed by atoms with Crippen molar-refractivity contribution in [2.45, 2.75) is 46.2 Å². The van der Waals surface area contributed by atoms with Gasteiger partial charge in [0.1, 0.15) is 0 Å². The number of benzene rings is 1. The minimum Gasteiger partial charge on any atom is -0.369 e. The highest BCUT2D eigenvalue weighted by molar-refractivity contribution is 5.89. The zero-order valence-electron chi connectivity index (χ0n) is 14.8. The monoisotopic (exact) mass is 318 g/mol. The van der Waals surface area contributed by atoms with Crippen molar-refractivity contribution in [3.8, 4) is 0 Å². The van der Waals surface area contributed by atoms with Crippen LogP contribution in [0.5, 0.6) is 0 Å². The van der Waals surface area contributed by atoms with Crippen LogP contribution in [0.2, 0.25) is 0 Å². The number of piperazine rings is 1. The molecule has 1 aromatic carbocycles. The van der Waals surface area contributed by atoms with Crippen LogP contribution in [0.15, 0.2) is 24.3 Å². The van der Waals surface area contributed by atoms with Crippen molar-refractivity contribution in [3.63, 3.8) is 0 Å². The van der Waals surface area contributed by atoms with Crippen LogP contribution in [0.4, 0.5) is 16.2 Å². The maximum absolute atomic E-state index is 11.8. The Kier molecular flexibility index (Phi) is 6.28. The van der Waals surface area contributed by atoms with Crippen molar-refractivity contribution in [1.82, 2.24) is 10.2 Å². The van der Waals surface area contributed by atoms with Crippen molar-refractivity contribution in [1.29, 1.82) is 0 Å². The maximum Gasteiger partial charge on any atom is 0.319 e. The Labute approximate surface area is 140 Å². The van der Waals surface area contributed by atoms with Crippen molar-refractivity contribution in [2.75, 3.05) is 36.4 Å². The molecule has 0 radical (unpaired) electrons. The van der Waals surface area contributed by atoms with Crippen LogP contribution in [-0.4, -0.2) is 49.2 Å². The van der Waals surface area contributed by atoms with Crippen LogP contribution in [0.1, 0.15) is 34.1 Å². The fourth-order valence-electron chi connectivity index (χ4n) is 2.75. The number of nitrogens with zero attached hydrogens (tertiary/aromatic N) is 2. The molecule has 2 rings (SSSR count). The average Bonchev–Trinajstić information content (AvgIpc) is 2.55. The molecular weight excluding hydrogens is 288 g/mol. The van der Waals surface area contributed by atoms with Crippen LogP contribution in [-0.2, 0) is 0 Å². The van der Waals surface area contributed by atoms with E-state index in [0.717, 1.165) is 38.3 Å². The molecule has 1 atom stereocenters. The van der Waals surface area contributed by atoms with Gasteiger partial charge in [-0.2, -0.15) is 0 Å². The summed E-state index contributed by atoms with van der Waals surface area (Å²) in [6.45, 7) is 12.9. The number of nitrogens with one attached hydrogen (secondary N) is 2. The van der Waals surface area contributed by atoms with Crippen LogP contribution < -0.4 is 15.5 Å². The largest absolute Gasteiger partial charge is 0.369 e. The molecule has 0 spiro atoms. The van der Waals surface area contributed by atoms with E-state index in [4.69, 9.17) is 0 Å². The summed E-state index contributed by atoms with van der Waals surface area (Å²) >= 11 is 0. The molecule has 128 valence electrons. The quantitative estimate of drug-likeness (QED) is 0.877. The van der Waals surface area contributed by atoms with Gasteiger partial charge in [-0.05, 0) is 51.5 Å². The van der Waals surface area contributed by atoms with Crippen molar-refractivity contribution >= 4 is 17.4 Å². The van der Waals surface area contributed by atoms with Crippen LogP contribution in [0.3, 0.4) is 0 Å². The van der Waals surface area contributed by atoms with Gasteiger partial charge in [-0.25, -0.2) is 4.79 Å².